The second-order valence-corrected chi connectivity index (χ2v) is 7.48. The first-order valence-corrected chi connectivity index (χ1v) is 9.51. The number of hydrogen-bond acceptors (Lipinski definition) is 4. The molecule has 2 aliphatic heterocycles. The Bertz CT molecular complexity index is 636. The molecule has 1 unspecified atom stereocenters. The van der Waals surface area contributed by atoms with Crippen LogP contribution in [0.15, 0.2) is 30.3 Å². The van der Waals surface area contributed by atoms with E-state index >= 15 is 0 Å². The number of nitrogens with zero attached hydrogens (tertiary/aromatic N) is 3. The van der Waals surface area contributed by atoms with E-state index in [0.29, 0.717) is 32.5 Å². The Morgan fingerprint density at radius 3 is 2.46 bits per heavy atom. The first kappa shape index (κ1) is 18.9. The highest BCUT2D eigenvalue weighted by Crippen LogP contribution is 2.24. The van der Waals surface area contributed by atoms with Crippen LogP contribution in [0, 0.1) is 0 Å². The molecule has 1 aromatic carbocycles. The second-order valence-electron chi connectivity index (χ2n) is 7.48. The third kappa shape index (κ3) is 4.43. The summed E-state index contributed by atoms with van der Waals surface area (Å²) in [6.07, 6.45) is 1.99. The normalized spacial score (nSPS) is 25.0. The van der Waals surface area contributed by atoms with Gasteiger partial charge in [-0.3, -0.25) is 14.5 Å². The minimum atomic E-state index is -1.43. The number of benzene rings is 1. The summed E-state index contributed by atoms with van der Waals surface area (Å²) in [6.45, 7) is 6.13. The van der Waals surface area contributed by atoms with E-state index in [-0.39, 0.29) is 18.4 Å². The van der Waals surface area contributed by atoms with E-state index in [0.717, 1.165) is 26.1 Å². The molecule has 1 N–H and O–H groups in total. The summed E-state index contributed by atoms with van der Waals surface area (Å²) in [6, 6.07) is 10.3. The molecule has 0 radical (unpaired) electrons. The maximum atomic E-state index is 13.0. The Hall–Kier alpha value is -1.92. The van der Waals surface area contributed by atoms with Gasteiger partial charge in [0.2, 0.25) is 5.91 Å². The van der Waals surface area contributed by atoms with E-state index in [1.165, 1.54) is 12.5 Å². The van der Waals surface area contributed by atoms with Gasteiger partial charge in [-0.15, -0.1) is 0 Å². The Kier molecular flexibility index (Phi) is 5.94. The smallest absolute Gasteiger partial charge is 0.256 e. The number of aliphatic hydroxyl groups is 1. The molecule has 26 heavy (non-hydrogen) atoms. The predicted octanol–water partition coefficient (Wildman–Crippen LogP) is 1.09. The SMILES string of the molecule is CC(=O)N1CCCC(O)(C(=O)N2CCCN(Cc3ccccc3)CC2)C1. The van der Waals surface area contributed by atoms with E-state index in [1.54, 1.807) is 9.80 Å². The van der Waals surface area contributed by atoms with E-state index < -0.39 is 5.60 Å². The Balaban J connectivity index is 1.59. The van der Waals surface area contributed by atoms with Gasteiger partial charge < -0.3 is 14.9 Å². The lowest BCUT2D eigenvalue weighted by Gasteiger charge is -2.40. The maximum Gasteiger partial charge on any atom is 0.256 e. The van der Waals surface area contributed by atoms with Crippen molar-refractivity contribution in [2.45, 2.75) is 38.3 Å². The highest BCUT2D eigenvalue weighted by molar-refractivity contribution is 5.86. The van der Waals surface area contributed by atoms with Crippen LogP contribution in [0.5, 0.6) is 0 Å². The zero-order chi connectivity index (χ0) is 18.6. The van der Waals surface area contributed by atoms with Gasteiger partial charge in [-0.2, -0.15) is 0 Å². The summed E-state index contributed by atoms with van der Waals surface area (Å²) >= 11 is 0. The highest BCUT2D eigenvalue weighted by Gasteiger charge is 2.43. The zero-order valence-electron chi connectivity index (χ0n) is 15.6. The summed E-state index contributed by atoms with van der Waals surface area (Å²) in [5.74, 6) is -0.300. The lowest BCUT2D eigenvalue weighted by Crippen LogP contribution is -2.59. The van der Waals surface area contributed by atoms with Crippen LogP contribution >= 0.6 is 0 Å². The summed E-state index contributed by atoms with van der Waals surface area (Å²) in [7, 11) is 0. The van der Waals surface area contributed by atoms with Gasteiger partial charge in [0.05, 0.1) is 6.54 Å². The van der Waals surface area contributed by atoms with Crippen molar-refractivity contribution in [3.05, 3.63) is 35.9 Å². The Labute approximate surface area is 155 Å². The summed E-state index contributed by atoms with van der Waals surface area (Å²) in [5.41, 5.74) is -0.159. The number of carbonyl (C=O) groups is 2. The standard InChI is InChI=1S/C20H29N3O3/c1-17(24)23-11-5-9-20(26,16-23)19(25)22-12-6-10-21(13-14-22)15-18-7-3-2-4-8-18/h2-4,7-8,26H,5-6,9-16H2,1H3. The molecule has 2 aliphatic rings. The topological polar surface area (TPSA) is 64.1 Å². The van der Waals surface area contributed by atoms with E-state index in [1.807, 2.05) is 18.2 Å². The molecule has 2 amide bonds. The largest absolute Gasteiger partial charge is 0.378 e. The van der Waals surface area contributed by atoms with Crippen LogP contribution in [-0.2, 0) is 16.1 Å². The number of hydrogen-bond donors (Lipinski definition) is 1. The van der Waals surface area contributed by atoms with Gasteiger partial charge in [0, 0.05) is 46.2 Å². The lowest BCUT2D eigenvalue weighted by molar-refractivity contribution is -0.159. The molecule has 0 bridgehead atoms. The van der Waals surface area contributed by atoms with Crippen LogP contribution in [0.2, 0.25) is 0 Å². The van der Waals surface area contributed by atoms with Gasteiger partial charge in [0.15, 0.2) is 5.60 Å². The van der Waals surface area contributed by atoms with Gasteiger partial charge in [-0.05, 0) is 24.8 Å². The van der Waals surface area contributed by atoms with Crippen molar-refractivity contribution in [2.24, 2.45) is 0 Å². The summed E-state index contributed by atoms with van der Waals surface area (Å²) in [4.78, 5) is 30.3. The fraction of sp³-hybridized carbons (Fsp3) is 0.600. The molecule has 6 heteroatoms. The monoisotopic (exact) mass is 359 g/mol. The molecule has 6 nitrogen and oxygen atoms in total. The number of amides is 2. The van der Waals surface area contributed by atoms with Crippen molar-refractivity contribution in [1.29, 1.82) is 0 Å². The molecule has 2 fully saturated rings. The number of likely N-dealkylation sites (tertiary alicyclic amines) is 1. The van der Waals surface area contributed by atoms with Gasteiger partial charge >= 0.3 is 0 Å². The van der Waals surface area contributed by atoms with Crippen LogP contribution < -0.4 is 0 Å². The number of rotatable bonds is 3. The minimum absolute atomic E-state index is 0.0826. The Morgan fingerprint density at radius 1 is 1.00 bits per heavy atom. The summed E-state index contributed by atoms with van der Waals surface area (Å²) < 4.78 is 0. The van der Waals surface area contributed by atoms with Crippen LogP contribution in [0.3, 0.4) is 0 Å². The van der Waals surface area contributed by atoms with Crippen LogP contribution in [0.25, 0.3) is 0 Å². The average molecular weight is 359 g/mol. The van der Waals surface area contributed by atoms with Crippen LogP contribution in [0.1, 0.15) is 31.7 Å². The number of carbonyl (C=O) groups excluding carboxylic acids is 2. The molecule has 1 aromatic rings. The van der Waals surface area contributed by atoms with Gasteiger partial charge in [-0.1, -0.05) is 30.3 Å². The first-order valence-electron chi connectivity index (χ1n) is 9.51. The minimum Gasteiger partial charge on any atom is -0.378 e. The molecule has 1 atom stereocenters. The van der Waals surface area contributed by atoms with Crippen LogP contribution in [-0.4, -0.2) is 76.5 Å². The molecule has 2 heterocycles. The number of piperidine rings is 1. The first-order chi connectivity index (χ1) is 12.5. The van der Waals surface area contributed by atoms with Crippen molar-refractivity contribution < 1.29 is 14.7 Å². The fourth-order valence-electron chi connectivity index (χ4n) is 3.95. The lowest BCUT2D eigenvalue weighted by atomic mass is 9.91. The predicted molar refractivity (Wildman–Crippen MR) is 99.4 cm³/mol. The highest BCUT2D eigenvalue weighted by atomic mass is 16.3. The van der Waals surface area contributed by atoms with Gasteiger partial charge in [0.1, 0.15) is 0 Å². The zero-order valence-corrected chi connectivity index (χ0v) is 15.6. The molecule has 0 spiro atoms. The molecule has 0 saturated carbocycles. The van der Waals surface area contributed by atoms with Crippen molar-refractivity contribution in [1.82, 2.24) is 14.7 Å². The third-order valence-electron chi connectivity index (χ3n) is 5.44. The van der Waals surface area contributed by atoms with Crippen molar-refractivity contribution in [3.8, 4) is 0 Å². The van der Waals surface area contributed by atoms with Crippen LogP contribution in [0.4, 0.5) is 0 Å². The Morgan fingerprint density at radius 2 is 1.73 bits per heavy atom. The molecule has 142 valence electrons. The quantitative estimate of drug-likeness (QED) is 0.878. The average Bonchev–Trinajstić information content (AvgIpc) is 2.87. The van der Waals surface area contributed by atoms with E-state index in [4.69, 9.17) is 0 Å². The van der Waals surface area contributed by atoms with E-state index in [9.17, 15) is 14.7 Å². The molecule has 0 aliphatic carbocycles. The van der Waals surface area contributed by atoms with Gasteiger partial charge in [0.25, 0.3) is 5.91 Å². The number of β-amino-alcohol motifs (C(OH)–C–C–N with tert-alkyl or cyclic N) is 1. The fourth-order valence-corrected chi connectivity index (χ4v) is 3.95. The van der Waals surface area contributed by atoms with Crippen molar-refractivity contribution in [2.75, 3.05) is 39.3 Å². The second kappa shape index (κ2) is 8.18. The van der Waals surface area contributed by atoms with E-state index in [2.05, 4.69) is 17.0 Å². The van der Waals surface area contributed by atoms with Gasteiger partial charge in [-0.25, -0.2) is 0 Å². The third-order valence-corrected chi connectivity index (χ3v) is 5.44. The molecule has 3 rings (SSSR count). The summed E-state index contributed by atoms with van der Waals surface area (Å²) in [5, 5.41) is 10.9. The maximum absolute atomic E-state index is 13.0. The van der Waals surface area contributed by atoms with Crippen molar-refractivity contribution in [3.63, 3.8) is 0 Å². The molecular formula is C20H29N3O3. The molecule has 2 saturated heterocycles. The molecule has 0 aromatic heterocycles. The molecular weight excluding hydrogens is 330 g/mol. The van der Waals surface area contributed by atoms with Crippen molar-refractivity contribution >= 4 is 11.8 Å².